The van der Waals surface area contributed by atoms with E-state index in [0.717, 1.165) is 27.7 Å². The quantitative estimate of drug-likeness (QED) is 0.546. The highest BCUT2D eigenvalue weighted by molar-refractivity contribution is 7.99. The topological polar surface area (TPSA) is 92.8 Å². The summed E-state index contributed by atoms with van der Waals surface area (Å²) in [5.74, 6) is -0.362. The molecule has 1 aliphatic heterocycles. The van der Waals surface area contributed by atoms with Gasteiger partial charge < -0.3 is 9.64 Å². The molecule has 0 unspecified atom stereocenters. The summed E-state index contributed by atoms with van der Waals surface area (Å²) in [6.45, 7) is 0.0824. The van der Waals surface area contributed by atoms with Crippen LogP contribution in [0.3, 0.4) is 0 Å². The molecule has 0 spiro atoms. The van der Waals surface area contributed by atoms with Crippen LogP contribution in [-0.2, 0) is 19.6 Å². The van der Waals surface area contributed by atoms with Crippen molar-refractivity contribution in [2.45, 2.75) is 9.10 Å². The number of nitrogens with one attached hydrogen (secondary N) is 1. The van der Waals surface area contributed by atoms with Crippen LogP contribution in [0, 0.1) is 0 Å². The second kappa shape index (κ2) is 9.13. The maximum atomic E-state index is 12.7. The molecule has 0 atom stereocenters. The fourth-order valence-electron chi connectivity index (χ4n) is 3.07. The van der Waals surface area contributed by atoms with Gasteiger partial charge in [0, 0.05) is 17.2 Å². The summed E-state index contributed by atoms with van der Waals surface area (Å²) in [6, 6.07) is 16.8. The monoisotopic (exact) mass is 474 g/mol. The number of anilines is 2. The van der Waals surface area contributed by atoms with Gasteiger partial charge in [0.15, 0.2) is 6.61 Å². The molecule has 0 bridgehead atoms. The van der Waals surface area contributed by atoms with E-state index in [2.05, 4.69) is 4.72 Å². The maximum Gasteiger partial charge on any atom is 0.340 e. The molecule has 0 saturated heterocycles. The van der Waals surface area contributed by atoms with Crippen molar-refractivity contribution >= 4 is 56.4 Å². The highest BCUT2D eigenvalue weighted by Crippen LogP contribution is 2.34. The number of amides is 1. The van der Waals surface area contributed by atoms with Crippen LogP contribution in [0.15, 0.2) is 75.1 Å². The van der Waals surface area contributed by atoms with Gasteiger partial charge in [-0.3, -0.25) is 9.52 Å². The van der Waals surface area contributed by atoms with Gasteiger partial charge in [-0.25, -0.2) is 13.2 Å². The number of rotatable bonds is 6. The summed E-state index contributed by atoms with van der Waals surface area (Å²) in [6.07, 6.45) is 0. The standard InChI is InChI=1S/C21H18N2O5S3/c24-19(23-11-13-29-18-9-4-3-8-17(18)23)14-28-21(25)15-6-1-2-7-16(15)22-31(26,27)20-10-5-12-30-20/h1-10,12,22H,11,13-14H2. The van der Waals surface area contributed by atoms with Crippen molar-refractivity contribution in [3.8, 4) is 0 Å². The van der Waals surface area contributed by atoms with E-state index in [0.29, 0.717) is 6.54 Å². The second-order valence-electron chi connectivity index (χ2n) is 6.52. The van der Waals surface area contributed by atoms with Crippen molar-refractivity contribution in [1.29, 1.82) is 0 Å². The lowest BCUT2D eigenvalue weighted by molar-refractivity contribution is -0.121. The average Bonchev–Trinajstić information content (AvgIpc) is 3.33. The lowest BCUT2D eigenvalue weighted by Crippen LogP contribution is -2.38. The van der Waals surface area contributed by atoms with Gasteiger partial charge in [-0.15, -0.1) is 23.1 Å². The molecule has 1 N–H and O–H groups in total. The van der Waals surface area contributed by atoms with Crippen molar-refractivity contribution in [2.75, 3.05) is 28.5 Å². The Morgan fingerprint density at radius 1 is 1.03 bits per heavy atom. The first-order chi connectivity index (χ1) is 15.0. The number of fused-ring (bicyclic) bond motifs is 1. The van der Waals surface area contributed by atoms with Gasteiger partial charge in [0.2, 0.25) is 0 Å². The smallest absolute Gasteiger partial charge is 0.340 e. The Morgan fingerprint density at radius 2 is 1.81 bits per heavy atom. The van der Waals surface area contributed by atoms with Gasteiger partial charge >= 0.3 is 5.97 Å². The predicted molar refractivity (Wildman–Crippen MR) is 121 cm³/mol. The molecular weight excluding hydrogens is 456 g/mol. The largest absolute Gasteiger partial charge is 0.452 e. The summed E-state index contributed by atoms with van der Waals surface area (Å²) in [7, 11) is -3.82. The summed E-state index contributed by atoms with van der Waals surface area (Å²) in [4.78, 5) is 27.9. The number of hydrogen-bond donors (Lipinski definition) is 1. The lowest BCUT2D eigenvalue weighted by Gasteiger charge is -2.28. The van der Waals surface area contributed by atoms with E-state index in [1.165, 1.54) is 18.2 Å². The summed E-state index contributed by atoms with van der Waals surface area (Å²) >= 11 is 2.74. The molecule has 0 saturated carbocycles. The minimum atomic E-state index is -3.82. The maximum absolute atomic E-state index is 12.7. The van der Waals surface area contributed by atoms with Crippen LogP contribution >= 0.6 is 23.1 Å². The number of benzene rings is 2. The molecule has 7 nitrogen and oxygen atoms in total. The molecule has 3 aromatic rings. The van der Waals surface area contributed by atoms with Gasteiger partial charge in [-0.1, -0.05) is 30.3 Å². The number of thioether (sulfide) groups is 1. The molecular formula is C21H18N2O5S3. The Balaban J connectivity index is 1.46. The fourth-order valence-corrected chi connectivity index (χ4v) is 6.14. The van der Waals surface area contributed by atoms with Crippen LogP contribution in [0.5, 0.6) is 0 Å². The number of nitrogens with zero attached hydrogens (tertiary/aromatic N) is 1. The molecule has 0 radical (unpaired) electrons. The summed E-state index contributed by atoms with van der Waals surface area (Å²) in [5.41, 5.74) is 0.919. The zero-order valence-corrected chi connectivity index (χ0v) is 18.6. The molecule has 0 fully saturated rings. The number of carbonyl (C=O) groups excluding carboxylic acids is 2. The third-order valence-corrected chi connectivity index (χ3v) is 8.31. The molecule has 2 aromatic carbocycles. The van der Waals surface area contributed by atoms with Crippen LogP contribution in [0.2, 0.25) is 0 Å². The van der Waals surface area contributed by atoms with Gasteiger partial charge in [0.05, 0.1) is 16.9 Å². The van der Waals surface area contributed by atoms with Crippen molar-refractivity contribution in [1.82, 2.24) is 0 Å². The molecule has 10 heteroatoms. The minimum Gasteiger partial charge on any atom is -0.452 e. The van der Waals surface area contributed by atoms with Gasteiger partial charge in [-0.05, 0) is 35.7 Å². The summed E-state index contributed by atoms with van der Waals surface area (Å²) < 4.78 is 32.8. The summed E-state index contributed by atoms with van der Waals surface area (Å²) in [5, 5.41) is 1.65. The predicted octanol–water partition coefficient (Wildman–Crippen LogP) is 3.84. The molecule has 2 heterocycles. The van der Waals surface area contributed by atoms with Crippen LogP contribution in [-0.4, -0.2) is 39.2 Å². The Bertz CT molecular complexity index is 1210. The SMILES string of the molecule is O=C(OCC(=O)N1CCSc2ccccc21)c1ccccc1NS(=O)(=O)c1cccs1. The Hall–Kier alpha value is -2.82. The van der Waals surface area contributed by atoms with E-state index < -0.39 is 22.6 Å². The van der Waals surface area contributed by atoms with E-state index in [-0.39, 0.29) is 21.4 Å². The van der Waals surface area contributed by atoms with Crippen molar-refractivity contribution < 1.29 is 22.7 Å². The number of para-hydroxylation sites is 2. The fraction of sp³-hybridized carbons (Fsp3) is 0.143. The first-order valence-corrected chi connectivity index (χ1v) is 12.7. The van der Waals surface area contributed by atoms with Crippen LogP contribution in [0.4, 0.5) is 11.4 Å². The number of thiophene rings is 1. The minimum absolute atomic E-state index is 0.0324. The van der Waals surface area contributed by atoms with E-state index in [1.54, 1.807) is 40.2 Å². The Labute approximate surface area is 188 Å². The van der Waals surface area contributed by atoms with Gasteiger partial charge in [0.1, 0.15) is 4.21 Å². The first kappa shape index (κ1) is 21.4. The second-order valence-corrected chi connectivity index (χ2v) is 10.5. The number of esters is 1. The third-order valence-electron chi connectivity index (χ3n) is 4.51. The van der Waals surface area contributed by atoms with Crippen molar-refractivity contribution in [3.05, 3.63) is 71.6 Å². The Morgan fingerprint density at radius 3 is 2.61 bits per heavy atom. The lowest BCUT2D eigenvalue weighted by atomic mass is 10.2. The van der Waals surface area contributed by atoms with Crippen LogP contribution in [0.1, 0.15) is 10.4 Å². The average molecular weight is 475 g/mol. The molecule has 4 rings (SSSR count). The van der Waals surface area contributed by atoms with Crippen molar-refractivity contribution in [3.63, 3.8) is 0 Å². The van der Waals surface area contributed by atoms with Gasteiger partial charge in [0.25, 0.3) is 15.9 Å². The first-order valence-electron chi connectivity index (χ1n) is 9.30. The molecule has 1 aromatic heterocycles. The highest BCUT2D eigenvalue weighted by atomic mass is 32.2. The molecule has 160 valence electrons. The van der Waals surface area contributed by atoms with Gasteiger partial charge in [-0.2, -0.15) is 0 Å². The molecule has 1 aliphatic rings. The number of hydrogen-bond acceptors (Lipinski definition) is 7. The molecule has 1 amide bonds. The third kappa shape index (κ3) is 4.76. The van der Waals surface area contributed by atoms with E-state index in [4.69, 9.17) is 4.74 Å². The highest BCUT2D eigenvalue weighted by Gasteiger charge is 2.25. The molecule has 31 heavy (non-hydrogen) atoms. The van der Waals surface area contributed by atoms with Crippen LogP contribution < -0.4 is 9.62 Å². The Kier molecular flexibility index (Phi) is 6.30. The zero-order valence-electron chi connectivity index (χ0n) is 16.2. The van der Waals surface area contributed by atoms with E-state index in [9.17, 15) is 18.0 Å². The zero-order chi connectivity index (χ0) is 21.8. The number of sulfonamides is 1. The van der Waals surface area contributed by atoms with Crippen molar-refractivity contribution in [2.24, 2.45) is 0 Å². The van der Waals surface area contributed by atoms with Crippen LogP contribution in [0.25, 0.3) is 0 Å². The number of carbonyl (C=O) groups is 2. The van der Waals surface area contributed by atoms with E-state index >= 15 is 0 Å². The van der Waals surface area contributed by atoms with E-state index in [1.807, 2.05) is 24.3 Å². The number of ether oxygens (including phenoxy) is 1. The molecule has 0 aliphatic carbocycles. The normalized spacial score (nSPS) is 13.4.